The van der Waals surface area contributed by atoms with E-state index in [1.54, 1.807) is 19.2 Å². The fourth-order valence-corrected chi connectivity index (χ4v) is 2.18. The van der Waals surface area contributed by atoms with Crippen LogP contribution in [-0.2, 0) is 0 Å². The van der Waals surface area contributed by atoms with Gasteiger partial charge in [-0.1, -0.05) is 0 Å². The molecule has 0 aliphatic carbocycles. The van der Waals surface area contributed by atoms with E-state index in [1.165, 1.54) is 6.07 Å². The maximum atomic E-state index is 11.0. The average molecular weight is 251 g/mol. The molecule has 2 N–H and O–H groups in total. The Balaban J connectivity index is 2.31. The smallest absolute Gasteiger partial charge is 0.292 e. The molecular weight excluding hydrogens is 234 g/mol. The quantitative estimate of drug-likeness (QED) is 0.650. The van der Waals surface area contributed by atoms with Crippen LogP contribution >= 0.6 is 0 Å². The fraction of sp³-hybridized carbons (Fsp3) is 0.500. The molecule has 0 atom stereocenters. The normalized spacial score (nSPS) is 16.7. The van der Waals surface area contributed by atoms with Gasteiger partial charge in [0.1, 0.15) is 11.4 Å². The number of ether oxygens (including phenoxy) is 1. The van der Waals surface area contributed by atoms with Crippen LogP contribution < -0.4 is 15.4 Å². The lowest BCUT2D eigenvalue weighted by molar-refractivity contribution is -0.384. The Kier molecular flexibility index (Phi) is 3.66. The molecule has 1 aliphatic heterocycles. The Morgan fingerprint density at radius 3 is 2.67 bits per heavy atom. The van der Waals surface area contributed by atoms with Crippen LogP contribution in [0.1, 0.15) is 12.8 Å². The molecule has 1 fully saturated rings. The van der Waals surface area contributed by atoms with Gasteiger partial charge in [-0.2, -0.15) is 0 Å². The molecule has 6 nitrogen and oxygen atoms in total. The van der Waals surface area contributed by atoms with Gasteiger partial charge in [-0.3, -0.25) is 10.1 Å². The Morgan fingerprint density at radius 2 is 2.11 bits per heavy atom. The molecule has 1 aromatic rings. The average Bonchev–Trinajstić information content (AvgIpc) is 2.38. The van der Waals surface area contributed by atoms with Crippen molar-refractivity contribution in [2.75, 3.05) is 25.1 Å². The van der Waals surface area contributed by atoms with Crippen LogP contribution in [0, 0.1) is 10.1 Å². The monoisotopic (exact) mass is 251 g/mol. The first-order chi connectivity index (χ1) is 8.61. The minimum atomic E-state index is -0.358. The van der Waals surface area contributed by atoms with Gasteiger partial charge in [-0.05, 0) is 18.9 Å². The SMILES string of the molecule is COc1ccc([N+](=O)[O-])c(N2CCC(N)CC2)c1. The Bertz CT molecular complexity index is 442. The minimum absolute atomic E-state index is 0.117. The molecule has 1 heterocycles. The largest absolute Gasteiger partial charge is 0.497 e. The van der Waals surface area contributed by atoms with Crippen molar-refractivity contribution >= 4 is 11.4 Å². The summed E-state index contributed by atoms with van der Waals surface area (Å²) in [5.41, 5.74) is 6.58. The van der Waals surface area contributed by atoms with E-state index >= 15 is 0 Å². The van der Waals surface area contributed by atoms with Crippen LogP contribution in [-0.4, -0.2) is 31.2 Å². The van der Waals surface area contributed by atoms with Crippen LogP contribution in [0.3, 0.4) is 0 Å². The van der Waals surface area contributed by atoms with Crippen molar-refractivity contribution in [3.63, 3.8) is 0 Å². The third-order valence-corrected chi connectivity index (χ3v) is 3.26. The van der Waals surface area contributed by atoms with Gasteiger partial charge < -0.3 is 15.4 Å². The van der Waals surface area contributed by atoms with E-state index in [0.717, 1.165) is 25.9 Å². The molecule has 18 heavy (non-hydrogen) atoms. The first kappa shape index (κ1) is 12.6. The van der Waals surface area contributed by atoms with E-state index in [0.29, 0.717) is 11.4 Å². The van der Waals surface area contributed by atoms with Crippen LogP contribution in [0.2, 0.25) is 0 Å². The van der Waals surface area contributed by atoms with Crippen LogP contribution in [0.25, 0.3) is 0 Å². The summed E-state index contributed by atoms with van der Waals surface area (Å²) in [6, 6.07) is 5.01. The molecular formula is C12H17N3O3. The Morgan fingerprint density at radius 1 is 1.44 bits per heavy atom. The van der Waals surface area contributed by atoms with Gasteiger partial charge >= 0.3 is 0 Å². The molecule has 0 aromatic heterocycles. The second-order valence-electron chi connectivity index (χ2n) is 4.44. The number of benzene rings is 1. The summed E-state index contributed by atoms with van der Waals surface area (Å²) in [4.78, 5) is 12.7. The summed E-state index contributed by atoms with van der Waals surface area (Å²) in [5.74, 6) is 0.630. The minimum Gasteiger partial charge on any atom is -0.497 e. The predicted molar refractivity (Wildman–Crippen MR) is 69.1 cm³/mol. The van der Waals surface area contributed by atoms with Gasteiger partial charge in [0.25, 0.3) is 5.69 Å². The second kappa shape index (κ2) is 5.22. The van der Waals surface area contributed by atoms with Crippen LogP contribution in [0.4, 0.5) is 11.4 Å². The van der Waals surface area contributed by atoms with E-state index in [-0.39, 0.29) is 16.7 Å². The number of piperidine rings is 1. The molecule has 0 spiro atoms. The van der Waals surface area contributed by atoms with Gasteiger partial charge in [-0.15, -0.1) is 0 Å². The van der Waals surface area contributed by atoms with E-state index in [1.807, 2.05) is 4.90 Å². The molecule has 1 saturated heterocycles. The van der Waals surface area contributed by atoms with Crippen molar-refractivity contribution < 1.29 is 9.66 Å². The van der Waals surface area contributed by atoms with Gasteiger partial charge in [0.15, 0.2) is 0 Å². The van der Waals surface area contributed by atoms with Crippen molar-refractivity contribution in [2.45, 2.75) is 18.9 Å². The molecule has 0 unspecified atom stereocenters. The summed E-state index contributed by atoms with van der Waals surface area (Å²) in [6.45, 7) is 1.49. The molecule has 6 heteroatoms. The first-order valence-electron chi connectivity index (χ1n) is 5.95. The number of nitrogens with zero attached hydrogens (tertiary/aromatic N) is 2. The highest BCUT2D eigenvalue weighted by atomic mass is 16.6. The number of hydrogen-bond acceptors (Lipinski definition) is 5. The number of anilines is 1. The summed E-state index contributed by atoms with van der Waals surface area (Å²) in [7, 11) is 1.55. The lowest BCUT2D eigenvalue weighted by Gasteiger charge is -2.31. The standard InChI is InChI=1S/C12H17N3O3/c1-18-10-2-3-11(15(16)17)12(8-10)14-6-4-9(13)5-7-14/h2-3,8-9H,4-7,13H2,1H3. The van der Waals surface area contributed by atoms with E-state index < -0.39 is 0 Å². The zero-order chi connectivity index (χ0) is 13.1. The van der Waals surface area contributed by atoms with Gasteiger partial charge in [-0.25, -0.2) is 0 Å². The number of rotatable bonds is 3. The lowest BCUT2D eigenvalue weighted by atomic mass is 10.0. The van der Waals surface area contributed by atoms with Crippen molar-refractivity contribution in [1.82, 2.24) is 0 Å². The third kappa shape index (κ3) is 2.53. The van der Waals surface area contributed by atoms with Crippen LogP contribution in [0.15, 0.2) is 18.2 Å². The molecule has 2 rings (SSSR count). The molecule has 0 bridgehead atoms. The fourth-order valence-electron chi connectivity index (χ4n) is 2.18. The number of nitrogens with two attached hydrogens (primary N) is 1. The van der Waals surface area contributed by atoms with Crippen molar-refractivity contribution in [3.05, 3.63) is 28.3 Å². The van der Waals surface area contributed by atoms with Crippen molar-refractivity contribution in [3.8, 4) is 5.75 Å². The topological polar surface area (TPSA) is 81.6 Å². The molecule has 98 valence electrons. The van der Waals surface area contributed by atoms with E-state index in [2.05, 4.69) is 0 Å². The maximum Gasteiger partial charge on any atom is 0.292 e. The van der Waals surface area contributed by atoms with Gasteiger partial charge in [0, 0.05) is 31.3 Å². The van der Waals surface area contributed by atoms with Gasteiger partial charge in [0.2, 0.25) is 0 Å². The van der Waals surface area contributed by atoms with Gasteiger partial charge in [0.05, 0.1) is 12.0 Å². The lowest BCUT2D eigenvalue weighted by Crippen LogP contribution is -2.39. The van der Waals surface area contributed by atoms with Crippen molar-refractivity contribution in [2.24, 2.45) is 5.73 Å². The summed E-state index contributed by atoms with van der Waals surface area (Å²) < 4.78 is 5.13. The molecule has 0 amide bonds. The highest BCUT2D eigenvalue weighted by molar-refractivity contribution is 5.66. The molecule has 0 saturated carbocycles. The van der Waals surface area contributed by atoms with Crippen LogP contribution in [0.5, 0.6) is 5.75 Å². The Labute approximate surface area is 105 Å². The highest BCUT2D eigenvalue weighted by Gasteiger charge is 2.23. The molecule has 1 aromatic carbocycles. The zero-order valence-corrected chi connectivity index (χ0v) is 10.3. The summed E-state index contributed by atoms with van der Waals surface area (Å²) in [6.07, 6.45) is 1.71. The third-order valence-electron chi connectivity index (χ3n) is 3.26. The first-order valence-corrected chi connectivity index (χ1v) is 5.95. The summed E-state index contributed by atoms with van der Waals surface area (Å²) >= 11 is 0. The number of hydrogen-bond donors (Lipinski definition) is 1. The number of methoxy groups -OCH3 is 1. The second-order valence-corrected chi connectivity index (χ2v) is 4.44. The van der Waals surface area contributed by atoms with E-state index in [9.17, 15) is 10.1 Å². The maximum absolute atomic E-state index is 11.0. The van der Waals surface area contributed by atoms with E-state index in [4.69, 9.17) is 10.5 Å². The highest BCUT2D eigenvalue weighted by Crippen LogP contribution is 2.33. The number of nitro groups is 1. The predicted octanol–water partition coefficient (Wildman–Crippen LogP) is 1.53. The summed E-state index contributed by atoms with van der Waals surface area (Å²) in [5, 5.41) is 11.0. The number of nitro benzene ring substituents is 1. The zero-order valence-electron chi connectivity index (χ0n) is 10.3. The molecule has 0 radical (unpaired) electrons. The molecule has 1 aliphatic rings. The van der Waals surface area contributed by atoms with Crippen molar-refractivity contribution in [1.29, 1.82) is 0 Å². The Hall–Kier alpha value is -1.82.